The lowest BCUT2D eigenvalue weighted by Gasteiger charge is -2.05. The Balaban J connectivity index is 1.86. The third kappa shape index (κ3) is 3.41. The number of hydrogen-bond acceptors (Lipinski definition) is 5. The largest absolute Gasteiger partial charge is 0.481 e. The highest BCUT2D eigenvalue weighted by Gasteiger charge is 1.98. The second-order valence-corrected chi connectivity index (χ2v) is 3.45. The van der Waals surface area contributed by atoms with Gasteiger partial charge in [-0.3, -0.25) is 4.98 Å². The molecule has 0 spiro atoms. The molecule has 5 heteroatoms. The Hall–Kier alpha value is -2.17. The Morgan fingerprint density at radius 1 is 1.18 bits per heavy atom. The van der Waals surface area contributed by atoms with Gasteiger partial charge >= 0.3 is 0 Å². The molecule has 0 saturated carbocycles. The molecule has 0 radical (unpaired) electrons. The quantitative estimate of drug-likeness (QED) is 0.844. The van der Waals surface area contributed by atoms with Crippen LogP contribution in [0.25, 0.3) is 0 Å². The van der Waals surface area contributed by atoms with E-state index in [-0.39, 0.29) is 0 Å². The summed E-state index contributed by atoms with van der Waals surface area (Å²) in [7, 11) is 1.59. The van der Waals surface area contributed by atoms with Gasteiger partial charge in [-0.2, -0.15) is 4.98 Å². The first-order valence-electron chi connectivity index (χ1n) is 5.38. The maximum atomic E-state index is 5.02. The molecule has 2 aromatic heterocycles. The molecule has 1 N–H and O–H groups in total. The van der Waals surface area contributed by atoms with Gasteiger partial charge in [-0.05, 0) is 24.1 Å². The molecule has 2 rings (SSSR count). The van der Waals surface area contributed by atoms with Crippen LogP contribution >= 0.6 is 0 Å². The van der Waals surface area contributed by atoms with Crippen LogP contribution in [-0.4, -0.2) is 28.6 Å². The molecule has 0 atom stereocenters. The fourth-order valence-electron chi connectivity index (χ4n) is 1.41. The standard InChI is InChI=1S/C12H14N4O/c1-17-11-5-9-15-12(16-11)14-8-4-10-2-6-13-7-3-10/h2-3,5-7,9H,4,8H2,1H3,(H,14,15,16). The lowest BCUT2D eigenvalue weighted by Crippen LogP contribution is -2.08. The number of rotatable bonds is 5. The van der Waals surface area contributed by atoms with Gasteiger partial charge in [0.05, 0.1) is 7.11 Å². The van der Waals surface area contributed by atoms with Gasteiger partial charge in [-0.15, -0.1) is 0 Å². The van der Waals surface area contributed by atoms with Crippen LogP contribution in [0.2, 0.25) is 0 Å². The van der Waals surface area contributed by atoms with E-state index in [9.17, 15) is 0 Å². The van der Waals surface area contributed by atoms with Crippen molar-refractivity contribution in [3.05, 3.63) is 42.4 Å². The molecule has 88 valence electrons. The molecule has 5 nitrogen and oxygen atoms in total. The number of nitrogens with zero attached hydrogens (tertiary/aromatic N) is 3. The van der Waals surface area contributed by atoms with Crippen molar-refractivity contribution in [2.45, 2.75) is 6.42 Å². The minimum absolute atomic E-state index is 0.561. The van der Waals surface area contributed by atoms with E-state index < -0.39 is 0 Å². The number of methoxy groups -OCH3 is 1. The number of hydrogen-bond donors (Lipinski definition) is 1. The molecule has 0 fully saturated rings. The summed E-state index contributed by atoms with van der Waals surface area (Å²) in [6, 6.07) is 5.70. The second-order valence-electron chi connectivity index (χ2n) is 3.45. The van der Waals surface area contributed by atoms with Crippen molar-refractivity contribution in [3.63, 3.8) is 0 Å². The van der Waals surface area contributed by atoms with Gasteiger partial charge in [0.15, 0.2) is 0 Å². The molecule has 0 amide bonds. The molecular weight excluding hydrogens is 216 g/mol. The van der Waals surface area contributed by atoms with E-state index in [0.717, 1.165) is 13.0 Å². The smallest absolute Gasteiger partial charge is 0.225 e. The molecule has 0 aliphatic carbocycles. The number of aromatic nitrogens is 3. The van der Waals surface area contributed by atoms with Crippen LogP contribution in [0, 0.1) is 0 Å². The van der Waals surface area contributed by atoms with Crippen LogP contribution in [0.3, 0.4) is 0 Å². The van der Waals surface area contributed by atoms with Crippen molar-refractivity contribution in [1.29, 1.82) is 0 Å². The predicted molar refractivity (Wildman–Crippen MR) is 65.0 cm³/mol. The van der Waals surface area contributed by atoms with Crippen LogP contribution in [0.5, 0.6) is 5.88 Å². The Morgan fingerprint density at radius 2 is 2.00 bits per heavy atom. The average Bonchev–Trinajstić information content (AvgIpc) is 2.40. The zero-order valence-electron chi connectivity index (χ0n) is 9.63. The topological polar surface area (TPSA) is 59.9 Å². The van der Waals surface area contributed by atoms with Crippen molar-refractivity contribution < 1.29 is 4.74 Å². The third-order valence-electron chi connectivity index (χ3n) is 2.29. The second kappa shape index (κ2) is 5.79. The highest BCUT2D eigenvalue weighted by molar-refractivity contribution is 5.27. The highest BCUT2D eigenvalue weighted by Crippen LogP contribution is 2.07. The number of nitrogens with one attached hydrogen (secondary N) is 1. The molecule has 0 aromatic carbocycles. The minimum Gasteiger partial charge on any atom is -0.481 e. The first-order valence-corrected chi connectivity index (χ1v) is 5.38. The van der Waals surface area contributed by atoms with E-state index in [4.69, 9.17) is 4.74 Å². The molecule has 0 aliphatic heterocycles. The van der Waals surface area contributed by atoms with Crippen LogP contribution in [0.4, 0.5) is 5.95 Å². The summed E-state index contributed by atoms with van der Waals surface area (Å²) in [4.78, 5) is 12.2. The van der Waals surface area contributed by atoms with E-state index in [0.29, 0.717) is 11.8 Å². The van der Waals surface area contributed by atoms with Crippen LogP contribution in [0.15, 0.2) is 36.8 Å². The first-order chi connectivity index (χ1) is 8.38. The Morgan fingerprint density at radius 3 is 2.76 bits per heavy atom. The number of anilines is 1. The van der Waals surface area contributed by atoms with E-state index in [1.165, 1.54) is 5.56 Å². The average molecular weight is 230 g/mol. The first kappa shape index (κ1) is 11.3. The van der Waals surface area contributed by atoms with Crippen LogP contribution < -0.4 is 10.1 Å². The molecule has 0 aliphatic rings. The van der Waals surface area contributed by atoms with E-state index >= 15 is 0 Å². The summed E-state index contributed by atoms with van der Waals surface area (Å²) < 4.78 is 5.02. The highest BCUT2D eigenvalue weighted by atomic mass is 16.5. The minimum atomic E-state index is 0.561. The van der Waals surface area contributed by atoms with Crippen LogP contribution in [-0.2, 0) is 6.42 Å². The Bertz CT molecular complexity index is 461. The van der Waals surface area contributed by atoms with E-state index in [1.807, 2.05) is 12.1 Å². The predicted octanol–water partition coefficient (Wildman–Crippen LogP) is 1.53. The fraction of sp³-hybridized carbons (Fsp3) is 0.250. The summed E-state index contributed by atoms with van der Waals surface area (Å²) in [6.45, 7) is 0.775. The normalized spacial score (nSPS) is 9.94. The lowest BCUT2D eigenvalue weighted by molar-refractivity contribution is 0.397. The monoisotopic (exact) mass is 230 g/mol. The van der Waals surface area contributed by atoms with Crippen molar-refractivity contribution >= 4 is 5.95 Å². The molecule has 2 heterocycles. The molecule has 0 unspecified atom stereocenters. The van der Waals surface area contributed by atoms with Crippen molar-refractivity contribution in [3.8, 4) is 5.88 Å². The molecule has 2 aromatic rings. The lowest BCUT2D eigenvalue weighted by atomic mass is 10.2. The molecule has 0 bridgehead atoms. The maximum absolute atomic E-state index is 5.02. The van der Waals surface area contributed by atoms with Crippen LogP contribution in [0.1, 0.15) is 5.56 Å². The van der Waals surface area contributed by atoms with Gasteiger partial charge in [-0.1, -0.05) is 0 Å². The SMILES string of the molecule is COc1ccnc(NCCc2ccncc2)n1. The van der Waals surface area contributed by atoms with Crippen molar-refractivity contribution in [2.75, 3.05) is 19.0 Å². The number of pyridine rings is 1. The van der Waals surface area contributed by atoms with Gasteiger partial charge in [0, 0.05) is 31.2 Å². The Kier molecular flexibility index (Phi) is 3.85. The van der Waals surface area contributed by atoms with Crippen molar-refractivity contribution in [1.82, 2.24) is 15.0 Å². The number of ether oxygens (including phenoxy) is 1. The van der Waals surface area contributed by atoms with Gasteiger partial charge < -0.3 is 10.1 Å². The summed E-state index contributed by atoms with van der Waals surface area (Å²) in [5, 5.41) is 3.15. The molecule has 17 heavy (non-hydrogen) atoms. The summed E-state index contributed by atoms with van der Waals surface area (Å²) in [6.07, 6.45) is 6.15. The maximum Gasteiger partial charge on any atom is 0.225 e. The fourth-order valence-corrected chi connectivity index (χ4v) is 1.41. The van der Waals surface area contributed by atoms with Crippen molar-refractivity contribution in [2.24, 2.45) is 0 Å². The summed E-state index contributed by atoms with van der Waals surface area (Å²) >= 11 is 0. The van der Waals surface area contributed by atoms with Gasteiger partial charge in [0.1, 0.15) is 0 Å². The van der Waals surface area contributed by atoms with E-state index in [1.54, 1.807) is 31.8 Å². The van der Waals surface area contributed by atoms with Gasteiger partial charge in [-0.25, -0.2) is 4.98 Å². The zero-order chi connectivity index (χ0) is 11.9. The summed E-state index contributed by atoms with van der Waals surface area (Å²) in [5.41, 5.74) is 1.23. The summed E-state index contributed by atoms with van der Waals surface area (Å²) in [5.74, 6) is 1.14. The third-order valence-corrected chi connectivity index (χ3v) is 2.29. The van der Waals surface area contributed by atoms with Gasteiger partial charge in [0.2, 0.25) is 11.8 Å². The van der Waals surface area contributed by atoms with Gasteiger partial charge in [0.25, 0.3) is 0 Å². The molecule has 0 saturated heterocycles. The zero-order valence-corrected chi connectivity index (χ0v) is 9.63. The van der Waals surface area contributed by atoms with E-state index in [2.05, 4.69) is 20.3 Å². The molecular formula is C12H14N4O. The Labute approximate surface area is 99.9 Å².